The molecule has 0 spiro atoms. The molecule has 1 amide bonds. The van der Waals surface area contributed by atoms with E-state index in [9.17, 15) is 4.79 Å². The van der Waals surface area contributed by atoms with Crippen LogP contribution in [0.25, 0.3) is 0 Å². The molecule has 1 heterocycles. The first-order chi connectivity index (χ1) is 9.74. The average molecular weight is 304 g/mol. The van der Waals surface area contributed by atoms with Crippen molar-refractivity contribution < 1.29 is 4.79 Å². The summed E-state index contributed by atoms with van der Waals surface area (Å²) < 4.78 is 0. The van der Waals surface area contributed by atoms with Crippen molar-refractivity contribution >= 4 is 35.2 Å². The first kappa shape index (κ1) is 14.8. The van der Waals surface area contributed by atoms with Gasteiger partial charge < -0.3 is 0 Å². The smallest absolute Gasteiger partial charge is 0.250 e. The first-order valence-corrected chi connectivity index (χ1v) is 8.26. The normalized spacial score (nSPS) is 10.8. The second-order valence-corrected chi connectivity index (χ2v) is 6.25. The number of thiophene rings is 1. The lowest BCUT2D eigenvalue weighted by Gasteiger charge is -2.02. The number of aryl methyl sites for hydroxylation is 1. The summed E-state index contributed by atoms with van der Waals surface area (Å²) in [6.45, 7) is 2.07. The molecule has 1 aromatic carbocycles. The number of amides is 1. The fourth-order valence-corrected chi connectivity index (χ4v) is 2.88. The highest BCUT2D eigenvalue weighted by Gasteiger charge is 2.00. The van der Waals surface area contributed by atoms with Gasteiger partial charge in [-0.3, -0.25) is 4.79 Å². The molecule has 0 fully saturated rings. The molecule has 0 atom stereocenters. The van der Waals surface area contributed by atoms with E-state index in [2.05, 4.69) is 41.7 Å². The summed E-state index contributed by atoms with van der Waals surface area (Å²) in [5.41, 5.74) is 5.01. The molecule has 104 valence electrons. The Hall–Kier alpha value is -1.59. The molecule has 0 saturated carbocycles. The molecular weight excluding hydrogens is 288 g/mol. The van der Waals surface area contributed by atoms with E-state index >= 15 is 0 Å². The zero-order chi connectivity index (χ0) is 14.2. The Morgan fingerprint density at radius 1 is 1.35 bits per heavy atom. The van der Waals surface area contributed by atoms with E-state index in [1.165, 1.54) is 11.1 Å². The summed E-state index contributed by atoms with van der Waals surface area (Å²) in [7, 11) is 0. The predicted octanol–water partition coefficient (Wildman–Crippen LogP) is 3.44. The van der Waals surface area contributed by atoms with E-state index < -0.39 is 0 Å². The van der Waals surface area contributed by atoms with Crippen LogP contribution in [0, 0.1) is 6.92 Å². The molecule has 20 heavy (non-hydrogen) atoms. The molecule has 1 aromatic heterocycles. The van der Waals surface area contributed by atoms with Crippen molar-refractivity contribution in [1.29, 1.82) is 0 Å². The summed E-state index contributed by atoms with van der Waals surface area (Å²) in [5, 5.41) is 5.90. The molecule has 0 aliphatic heterocycles. The van der Waals surface area contributed by atoms with Crippen LogP contribution in [-0.4, -0.2) is 17.9 Å². The number of hydrogen-bond donors (Lipinski definition) is 1. The number of benzene rings is 1. The minimum atomic E-state index is -0.0742. The maximum atomic E-state index is 11.6. The second kappa shape index (κ2) is 7.87. The third kappa shape index (κ3) is 5.19. The Balaban J connectivity index is 1.66. The van der Waals surface area contributed by atoms with Crippen molar-refractivity contribution in [3.8, 4) is 0 Å². The molecule has 2 aromatic rings. The van der Waals surface area contributed by atoms with Gasteiger partial charge in [-0.2, -0.15) is 5.10 Å². The molecule has 0 saturated heterocycles. The minimum absolute atomic E-state index is 0.0742. The first-order valence-electron chi connectivity index (χ1n) is 6.23. The van der Waals surface area contributed by atoms with Crippen molar-refractivity contribution in [3.63, 3.8) is 0 Å². The van der Waals surface area contributed by atoms with E-state index in [1.807, 2.05) is 17.5 Å². The third-order valence-corrected chi connectivity index (χ3v) is 4.36. The van der Waals surface area contributed by atoms with Gasteiger partial charge in [0.05, 0.1) is 12.0 Å². The zero-order valence-corrected chi connectivity index (χ0v) is 12.8. The van der Waals surface area contributed by atoms with E-state index in [0.717, 1.165) is 10.6 Å². The minimum Gasteiger partial charge on any atom is -0.272 e. The predicted molar refractivity (Wildman–Crippen MR) is 87.4 cm³/mol. The molecule has 5 heteroatoms. The lowest BCUT2D eigenvalue weighted by molar-refractivity contribution is -0.118. The van der Waals surface area contributed by atoms with Crippen LogP contribution >= 0.6 is 23.1 Å². The van der Waals surface area contributed by atoms with Crippen LogP contribution in [0.2, 0.25) is 0 Å². The van der Waals surface area contributed by atoms with Crippen molar-refractivity contribution in [2.75, 3.05) is 5.75 Å². The Bertz CT molecular complexity index is 562. The van der Waals surface area contributed by atoms with Gasteiger partial charge >= 0.3 is 0 Å². The molecule has 0 aliphatic rings. The van der Waals surface area contributed by atoms with Gasteiger partial charge in [0.15, 0.2) is 0 Å². The molecule has 0 bridgehead atoms. The number of carbonyl (C=O) groups excluding carboxylic acids is 1. The van der Waals surface area contributed by atoms with Crippen LogP contribution in [0.1, 0.15) is 16.0 Å². The fourth-order valence-electron chi connectivity index (χ4n) is 1.51. The summed E-state index contributed by atoms with van der Waals surface area (Å²) in [4.78, 5) is 12.6. The van der Waals surface area contributed by atoms with Crippen molar-refractivity contribution in [1.82, 2.24) is 5.43 Å². The standard InChI is InChI=1S/C15H16N2OS2/c1-12-4-6-13(7-5-12)10-19-11-15(18)17-16-9-14-3-2-8-20-14/h2-9H,10-11H2,1H3,(H,17,18)/b16-9-. The van der Waals surface area contributed by atoms with E-state index in [1.54, 1.807) is 29.3 Å². The quantitative estimate of drug-likeness (QED) is 0.656. The van der Waals surface area contributed by atoms with Crippen LogP contribution in [0.5, 0.6) is 0 Å². The van der Waals surface area contributed by atoms with Crippen LogP contribution in [0.4, 0.5) is 0 Å². The number of nitrogens with one attached hydrogen (secondary N) is 1. The highest BCUT2D eigenvalue weighted by Crippen LogP contribution is 2.12. The second-order valence-electron chi connectivity index (χ2n) is 4.29. The molecular formula is C15H16N2OS2. The molecule has 0 aliphatic carbocycles. The highest BCUT2D eigenvalue weighted by atomic mass is 32.2. The Morgan fingerprint density at radius 2 is 2.15 bits per heavy atom. The van der Waals surface area contributed by atoms with Gasteiger partial charge in [0.2, 0.25) is 5.91 Å². The van der Waals surface area contributed by atoms with Gasteiger partial charge in [0, 0.05) is 10.6 Å². The van der Waals surface area contributed by atoms with Crippen LogP contribution in [0.3, 0.4) is 0 Å². The lowest BCUT2D eigenvalue weighted by Crippen LogP contribution is -2.19. The number of carbonyl (C=O) groups is 1. The van der Waals surface area contributed by atoms with Gasteiger partial charge in [-0.05, 0) is 23.9 Å². The van der Waals surface area contributed by atoms with E-state index in [0.29, 0.717) is 5.75 Å². The molecule has 1 N–H and O–H groups in total. The maximum absolute atomic E-state index is 11.6. The summed E-state index contributed by atoms with van der Waals surface area (Å²) in [6, 6.07) is 12.3. The topological polar surface area (TPSA) is 41.5 Å². The number of rotatable bonds is 6. The van der Waals surface area contributed by atoms with Crippen LogP contribution < -0.4 is 5.43 Å². The summed E-state index contributed by atoms with van der Waals surface area (Å²) in [5.74, 6) is 1.17. The van der Waals surface area contributed by atoms with Gasteiger partial charge in [-0.15, -0.1) is 23.1 Å². The summed E-state index contributed by atoms with van der Waals surface area (Å²) >= 11 is 3.17. The fraction of sp³-hybridized carbons (Fsp3) is 0.200. The largest absolute Gasteiger partial charge is 0.272 e. The molecule has 2 rings (SSSR count). The lowest BCUT2D eigenvalue weighted by atomic mass is 10.2. The number of thioether (sulfide) groups is 1. The van der Waals surface area contributed by atoms with Crippen molar-refractivity contribution in [2.24, 2.45) is 5.10 Å². The average Bonchev–Trinajstić information content (AvgIpc) is 2.94. The van der Waals surface area contributed by atoms with Crippen LogP contribution in [-0.2, 0) is 10.5 Å². The van der Waals surface area contributed by atoms with E-state index in [4.69, 9.17) is 0 Å². The van der Waals surface area contributed by atoms with E-state index in [-0.39, 0.29) is 5.91 Å². The SMILES string of the molecule is Cc1ccc(CSCC(=O)N/N=C\c2cccs2)cc1. The monoisotopic (exact) mass is 304 g/mol. The molecule has 0 radical (unpaired) electrons. The van der Waals surface area contributed by atoms with Gasteiger partial charge in [-0.25, -0.2) is 5.43 Å². The maximum Gasteiger partial charge on any atom is 0.250 e. The Labute approximate surface area is 127 Å². The van der Waals surface area contributed by atoms with Crippen LogP contribution in [0.15, 0.2) is 46.9 Å². The van der Waals surface area contributed by atoms with Gasteiger partial charge in [0.1, 0.15) is 0 Å². The zero-order valence-electron chi connectivity index (χ0n) is 11.2. The molecule has 3 nitrogen and oxygen atoms in total. The number of hydrazone groups is 1. The van der Waals surface area contributed by atoms with Crippen molar-refractivity contribution in [3.05, 3.63) is 57.8 Å². The number of hydrogen-bond acceptors (Lipinski definition) is 4. The Kier molecular flexibility index (Phi) is 5.83. The van der Waals surface area contributed by atoms with Gasteiger partial charge in [-0.1, -0.05) is 35.9 Å². The number of nitrogens with zero attached hydrogens (tertiary/aromatic N) is 1. The highest BCUT2D eigenvalue weighted by molar-refractivity contribution is 7.99. The van der Waals surface area contributed by atoms with Gasteiger partial charge in [0.25, 0.3) is 0 Å². The Morgan fingerprint density at radius 3 is 2.85 bits per heavy atom. The van der Waals surface area contributed by atoms with Crippen molar-refractivity contribution in [2.45, 2.75) is 12.7 Å². The third-order valence-electron chi connectivity index (χ3n) is 2.55. The molecule has 0 unspecified atom stereocenters. The summed E-state index contributed by atoms with van der Waals surface area (Å²) in [6.07, 6.45) is 1.66.